The quantitative estimate of drug-likeness (QED) is 0.274. The lowest BCUT2D eigenvalue weighted by Gasteiger charge is -2.19. The van der Waals surface area contributed by atoms with E-state index in [0.29, 0.717) is 11.5 Å². The number of nitrogens with one attached hydrogen (secondary N) is 2. The van der Waals surface area contributed by atoms with Crippen molar-refractivity contribution in [3.8, 4) is 11.1 Å². The van der Waals surface area contributed by atoms with Crippen LogP contribution in [0.4, 0.5) is 5.82 Å². The van der Waals surface area contributed by atoms with Gasteiger partial charge >= 0.3 is 0 Å². The number of benzene rings is 2. The van der Waals surface area contributed by atoms with Crippen molar-refractivity contribution in [1.29, 1.82) is 0 Å². The highest BCUT2D eigenvalue weighted by Gasteiger charge is 2.27. The minimum Gasteiger partial charge on any atom is -0.367 e. The summed E-state index contributed by atoms with van der Waals surface area (Å²) in [5.41, 5.74) is 6.32. The van der Waals surface area contributed by atoms with E-state index in [1.165, 1.54) is 11.1 Å². The van der Waals surface area contributed by atoms with E-state index >= 15 is 0 Å². The first-order valence-corrected chi connectivity index (χ1v) is 13.7. The highest BCUT2D eigenvalue weighted by molar-refractivity contribution is 5.94. The molecule has 0 unspecified atom stereocenters. The number of carbonyl (C=O) groups is 1. The van der Waals surface area contributed by atoms with Crippen molar-refractivity contribution in [1.82, 2.24) is 19.9 Å². The van der Waals surface area contributed by atoms with E-state index in [4.69, 9.17) is 4.98 Å². The molecule has 0 aliphatic heterocycles. The Hall–Kier alpha value is -3.67. The van der Waals surface area contributed by atoms with Crippen LogP contribution in [0.15, 0.2) is 66.9 Å². The van der Waals surface area contributed by atoms with Gasteiger partial charge in [0.25, 0.3) is 5.91 Å². The Bertz CT molecular complexity index is 1340. The van der Waals surface area contributed by atoms with E-state index in [9.17, 15) is 4.79 Å². The number of fused-ring (bicyclic) bond motifs is 1. The Morgan fingerprint density at radius 3 is 2.30 bits per heavy atom. The second kappa shape index (κ2) is 11.2. The van der Waals surface area contributed by atoms with Crippen molar-refractivity contribution in [2.24, 2.45) is 0 Å². The van der Waals surface area contributed by atoms with E-state index in [-0.39, 0.29) is 18.0 Å². The largest absolute Gasteiger partial charge is 0.367 e. The molecule has 2 heterocycles. The molecule has 1 aliphatic rings. The number of amides is 1. The third-order valence-corrected chi connectivity index (χ3v) is 7.75. The molecule has 4 aromatic rings. The van der Waals surface area contributed by atoms with Crippen molar-refractivity contribution in [3.63, 3.8) is 0 Å². The summed E-state index contributed by atoms with van der Waals surface area (Å²) in [7, 11) is 0. The number of carbonyl (C=O) groups excluding carboxylic acids is 1. The summed E-state index contributed by atoms with van der Waals surface area (Å²) in [4.78, 5) is 17.8. The van der Waals surface area contributed by atoms with Crippen LogP contribution < -0.4 is 10.6 Å². The fourth-order valence-electron chi connectivity index (χ4n) is 5.42. The Labute approximate surface area is 219 Å². The summed E-state index contributed by atoms with van der Waals surface area (Å²) in [6.07, 6.45) is 7.81. The Kier molecular flexibility index (Phi) is 7.54. The third-order valence-electron chi connectivity index (χ3n) is 7.75. The van der Waals surface area contributed by atoms with Crippen LogP contribution in [0.2, 0.25) is 0 Å². The summed E-state index contributed by atoms with van der Waals surface area (Å²) in [5, 5.41) is 11.4. The van der Waals surface area contributed by atoms with Gasteiger partial charge in [-0.3, -0.25) is 4.79 Å². The van der Waals surface area contributed by atoms with E-state index in [1.807, 2.05) is 34.8 Å². The van der Waals surface area contributed by atoms with Crippen LogP contribution in [0.5, 0.6) is 0 Å². The third kappa shape index (κ3) is 5.53. The summed E-state index contributed by atoms with van der Waals surface area (Å²) in [5.74, 6) is 1.42. The smallest absolute Gasteiger partial charge is 0.251 e. The molecule has 2 aromatic heterocycles. The molecule has 1 saturated carbocycles. The zero-order chi connectivity index (χ0) is 25.8. The lowest BCUT2D eigenvalue weighted by atomic mass is 9.99. The lowest BCUT2D eigenvalue weighted by Crippen LogP contribution is -2.34. The normalized spacial score (nSPS) is 17.4. The van der Waals surface area contributed by atoms with Crippen LogP contribution in [-0.2, 0) is 6.42 Å². The van der Waals surface area contributed by atoms with Gasteiger partial charge in [0.05, 0.1) is 6.20 Å². The molecular formula is C31H37N5O. The molecule has 1 fully saturated rings. The number of hydrogen-bond acceptors (Lipinski definition) is 4. The van der Waals surface area contributed by atoms with E-state index in [0.717, 1.165) is 61.2 Å². The molecule has 6 heteroatoms. The first kappa shape index (κ1) is 25.0. The SMILES string of the molecule is CCc1ccc(-c2ccc(C(=O)N[C@H]3CC[C@H](Nc4cc(C(CC)CC)nc5ccnn45)C3)cc2)cc1. The van der Waals surface area contributed by atoms with Crippen molar-refractivity contribution in [2.75, 3.05) is 5.32 Å². The van der Waals surface area contributed by atoms with Crippen molar-refractivity contribution in [2.45, 2.75) is 77.3 Å². The van der Waals surface area contributed by atoms with Crippen LogP contribution in [-0.4, -0.2) is 32.6 Å². The molecule has 2 N–H and O–H groups in total. The molecule has 192 valence electrons. The van der Waals surface area contributed by atoms with Crippen LogP contribution in [0.25, 0.3) is 16.8 Å². The zero-order valence-corrected chi connectivity index (χ0v) is 22.1. The molecule has 0 radical (unpaired) electrons. The van der Waals surface area contributed by atoms with Gasteiger partial charge in [0, 0.05) is 41.4 Å². The summed E-state index contributed by atoms with van der Waals surface area (Å²) < 4.78 is 1.88. The Morgan fingerprint density at radius 1 is 0.946 bits per heavy atom. The molecule has 1 amide bonds. The number of rotatable bonds is 9. The van der Waals surface area contributed by atoms with Crippen LogP contribution in [0, 0.1) is 0 Å². The number of aromatic nitrogens is 3. The molecule has 1 aliphatic carbocycles. The Morgan fingerprint density at radius 2 is 1.62 bits per heavy atom. The van der Waals surface area contributed by atoms with Crippen LogP contribution in [0.3, 0.4) is 0 Å². The molecule has 5 rings (SSSR count). The van der Waals surface area contributed by atoms with Crippen LogP contribution >= 0.6 is 0 Å². The van der Waals surface area contributed by atoms with Gasteiger partial charge in [0.2, 0.25) is 0 Å². The first-order valence-electron chi connectivity index (χ1n) is 13.7. The average Bonchev–Trinajstić information content (AvgIpc) is 3.59. The van der Waals surface area contributed by atoms with Gasteiger partial charge in [0.1, 0.15) is 5.82 Å². The van der Waals surface area contributed by atoms with Gasteiger partial charge in [-0.25, -0.2) is 4.98 Å². The highest BCUT2D eigenvalue weighted by atomic mass is 16.1. The number of aryl methyl sites for hydroxylation is 1. The molecular weight excluding hydrogens is 458 g/mol. The number of anilines is 1. The van der Waals surface area contributed by atoms with Crippen molar-refractivity contribution < 1.29 is 4.79 Å². The minimum absolute atomic E-state index is 0.00655. The van der Waals surface area contributed by atoms with E-state index in [1.54, 1.807) is 6.20 Å². The fraction of sp³-hybridized carbons (Fsp3) is 0.387. The molecule has 37 heavy (non-hydrogen) atoms. The van der Waals surface area contributed by atoms with Crippen LogP contribution in [0.1, 0.15) is 80.4 Å². The average molecular weight is 496 g/mol. The lowest BCUT2D eigenvalue weighted by molar-refractivity contribution is 0.0938. The maximum Gasteiger partial charge on any atom is 0.251 e. The molecule has 0 spiro atoms. The topological polar surface area (TPSA) is 71.3 Å². The van der Waals surface area contributed by atoms with Crippen molar-refractivity contribution >= 4 is 17.4 Å². The van der Waals surface area contributed by atoms with Gasteiger partial charge in [0.15, 0.2) is 5.65 Å². The molecule has 0 bridgehead atoms. The number of hydrogen-bond donors (Lipinski definition) is 2. The monoisotopic (exact) mass is 495 g/mol. The Balaban J connectivity index is 1.21. The maximum atomic E-state index is 13.0. The fourth-order valence-corrected chi connectivity index (χ4v) is 5.42. The summed E-state index contributed by atoms with van der Waals surface area (Å²) in [6.45, 7) is 6.59. The molecule has 2 aromatic carbocycles. The summed E-state index contributed by atoms with van der Waals surface area (Å²) in [6, 6.07) is 21.1. The first-order chi connectivity index (χ1) is 18.1. The van der Waals surface area contributed by atoms with Gasteiger partial charge in [-0.05, 0) is 67.3 Å². The predicted octanol–water partition coefficient (Wildman–Crippen LogP) is 6.63. The predicted molar refractivity (Wildman–Crippen MR) is 150 cm³/mol. The summed E-state index contributed by atoms with van der Waals surface area (Å²) >= 11 is 0. The molecule has 6 nitrogen and oxygen atoms in total. The second-order valence-electron chi connectivity index (χ2n) is 10.1. The van der Waals surface area contributed by atoms with Gasteiger partial charge in [-0.1, -0.05) is 57.2 Å². The van der Waals surface area contributed by atoms with Crippen molar-refractivity contribution in [3.05, 3.63) is 83.7 Å². The van der Waals surface area contributed by atoms with E-state index in [2.05, 4.69) is 66.8 Å². The standard InChI is InChI=1S/C31H37N5O/c1-4-21-7-9-23(10-8-21)24-11-13-25(14-12-24)31(37)34-27-16-15-26(19-27)33-30-20-28(22(5-2)6-3)35-29-17-18-32-36(29)30/h7-14,17-18,20,22,26-27,33H,4-6,15-16,19H2,1-3H3,(H,34,37)/t26-,27-/m0/s1. The van der Waals surface area contributed by atoms with E-state index < -0.39 is 0 Å². The van der Waals surface area contributed by atoms with Gasteiger partial charge in [-0.2, -0.15) is 9.61 Å². The second-order valence-corrected chi connectivity index (χ2v) is 10.1. The minimum atomic E-state index is -0.00655. The number of nitrogens with zero attached hydrogens (tertiary/aromatic N) is 3. The maximum absolute atomic E-state index is 13.0. The van der Waals surface area contributed by atoms with Gasteiger partial charge in [-0.15, -0.1) is 0 Å². The zero-order valence-electron chi connectivity index (χ0n) is 22.1. The highest BCUT2D eigenvalue weighted by Crippen LogP contribution is 2.28. The van der Waals surface area contributed by atoms with Gasteiger partial charge < -0.3 is 10.6 Å². The molecule has 2 atom stereocenters. The molecule has 0 saturated heterocycles.